The molecule has 0 radical (unpaired) electrons. The zero-order chi connectivity index (χ0) is 25.7. The van der Waals surface area contributed by atoms with Crippen LogP contribution in [0.4, 0.5) is 11.4 Å². The first-order valence-corrected chi connectivity index (χ1v) is 13.3. The molecule has 0 atom stereocenters. The smallest absolute Gasteiger partial charge is 0.267 e. The van der Waals surface area contributed by atoms with Crippen LogP contribution in [0.15, 0.2) is 53.4 Å². The van der Waals surface area contributed by atoms with Crippen molar-refractivity contribution in [3.63, 3.8) is 0 Å². The molecule has 2 aliphatic rings. The predicted octanol–water partition coefficient (Wildman–Crippen LogP) is 5.22. The number of hydrogen-bond donors (Lipinski definition) is 1. The highest BCUT2D eigenvalue weighted by Crippen LogP contribution is 2.44. The van der Waals surface area contributed by atoms with E-state index in [-0.39, 0.29) is 24.3 Å². The van der Waals surface area contributed by atoms with Gasteiger partial charge >= 0.3 is 0 Å². The van der Waals surface area contributed by atoms with E-state index in [0.29, 0.717) is 44.0 Å². The molecule has 1 saturated heterocycles. The SMILES string of the molecule is CCCCCCCN1C(=O)C(=C2C(=O)N(CC(=O)Nc3ccc(OC)cc3)c3ccccc32)SC1=S. The lowest BCUT2D eigenvalue weighted by Crippen LogP contribution is -2.35. The van der Waals surface area contributed by atoms with Crippen molar-refractivity contribution in [3.8, 4) is 5.75 Å². The van der Waals surface area contributed by atoms with Crippen molar-refractivity contribution < 1.29 is 19.1 Å². The fourth-order valence-corrected chi connectivity index (χ4v) is 5.67. The number of thioether (sulfide) groups is 1. The lowest BCUT2D eigenvalue weighted by atomic mass is 10.1. The van der Waals surface area contributed by atoms with E-state index in [1.807, 2.05) is 12.1 Å². The van der Waals surface area contributed by atoms with Crippen molar-refractivity contribution in [2.24, 2.45) is 0 Å². The minimum Gasteiger partial charge on any atom is -0.497 e. The zero-order valence-corrected chi connectivity index (χ0v) is 22.0. The summed E-state index contributed by atoms with van der Waals surface area (Å²) >= 11 is 6.66. The summed E-state index contributed by atoms with van der Waals surface area (Å²) < 4.78 is 5.61. The molecular weight excluding hydrogens is 494 g/mol. The largest absolute Gasteiger partial charge is 0.497 e. The molecule has 36 heavy (non-hydrogen) atoms. The minimum absolute atomic E-state index is 0.177. The van der Waals surface area contributed by atoms with Crippen LogP contribution in [0.25, 0.3) is 5.57 Å². The molecule has 2 aromatic carbocycles. The molecule has 188 valence electrons. The molecule has 0 spiro atoms. The molecule has 1 N–H and O–H groups in total. The van der Waals surface area contributed by atoms with Gasteiger partial charge in [-0.2, -0.15) is 0 Å². The van der Waals surface area contributed by atoms with Gasteiger partial charge in [0.15, 0.2) is 0 Å². The molecule has 9 heteroatoms. The molecule has 0 aromatic heterocycles. The number of para-hydroxylation sites is 1. The van der Waals surface area contributed by atoms with Crippen LogP contribution in [0.5, 0.6) is 5.75 Å². The van der Waals surface area contributed by atoms with Crippen molar-refractivity contribution >= 4 is 63.0 Å². The lowest BCUT2D eigenvalue weighted by molar-refractivity contribution is -0.122. The number of methoxy groups -OCH3 is 1. The van der Waals surface area contributed by atoms with Crippen LogP contribution in [0, 0.1) is 0 Å². The van der Waals surface area contributed by atoms with Crippen LogP contribution in [-0.4, -0.2) is 47.1 Å². The summed E-state index contributed by atoms with van der Waals surface area (Å²) in [6.07, 6.45) is 5.37. The maximum Gasteiger partial charge on any atom is 0.267 e. The van der Waals surface area contributed by atoms with Gasteiger partial charge in [0, 0.05) is 17.8 Å². The molecule has 4 rings (SSSR count). The Morgan fingerprint density at radius 3 is 2.42 bits per heavy atom. The second-order valence-electron chi connectivity index (χ2n) is 8.63. The van der Waals surface area contributed by atoms with Crippen molar-refractivity contribution in [2.45, 2.75) is 39.0 Å². The van der Waals surface area contributed by atoms with Crippen LogP contribution >= 0.6 is 24.0 Å². The van der Waals surface area contributed by atoms with Gasteiger partial charge in [-0.1, -0.05) is 74.8 Å². The molecule has 0 unspecified atom stereocenters. The number of nitrogens with one attached hydrogen (secondary N) is 1. The Bertz CT molecular complexity index is 1210. The number of anilines is 2. The average Bonchev–Trinajstić information content (AvgIpc) is 3.31. The summed E-state index contributed by atoms with van der Waals surface area (Å²) in [5.74, 6) is -0.267. The first kappa shape index (κ1) is 25.9. The van der Waals surface area contributed by atoms with Crippen LogP contribution < -0.4 is 15.0 Å². The van der Waals surface area contributed by atoms with Crippen molar-refractivity contribution in [3.05, 3.63) is 59.0 Å². The van der Waals surface area contributed by atoms with Gasteiger partial charge in [-0.25, -0.2) is 0 Å². The number of rotatable bonds is 10. The maximum absolute atomic E-state index is 13.6. The van der Waals surface area contributed by atoms with E-state index in [4.69, 9.17) is 17.0 Å². The molecule has 2 heterocycles. The highest BCUT2D eigenvalue weighted by atomic mass is 32.2. The van der Waals surface area contributed by atoms with Gasteiger partial charge in [-0.05, 0) is 36.8 Å². The average molecular weight is 524 g/mol. The van der Waals surface area contributed by atoms with Gasteiger partial charge in [0.25, 0.3) is 11.8 Å². The van der Waals surface area contributed by atoms with Crippen LogP contribution in [0.2, 0.25) is 0 Å². The van der Waals surface area contributed by atoms with E-state index in [1.54, 1.807) is 48.4 Å². The molecule has 0 aliphatic carbocycles. The summed E-state index contributed by atoms with van der Waals surface area (Å²) in [6.45, 7) is 2.54. The van der Waals surface area contributed by atoms with Crippen molar-refractivity contribution in [2.75, 3.05) is 30.4 Å². The molecule has 0 saturated carbocycles. The van der Waals surface area contributed by atoms with E-state index in [1.165, 1.54) is 23.1 Å². The first-order chi connectivity index (χ1) is 17.4. The third-order valence-electron chi connectivity index (χ3n) is 6.16. The monoisotopic (exact) mass is 523 g/mol. The Labute approximate surface area is 220 Å². The lowest BCUT2D eigenvalue weighted by Gasteiger charge is -2.17. The molecule has 2 aliphatic heterocycles. The van der Waals surface area contributed by atoms with Crippen molar-refractivity contribution in [1.82, 2.24) is 4.90 Å². The van der Waals surface area contributed by atoms with E-state index in [9.17, 15) is 14.4 Å². The van der Waals surface area contributed by atoms with Gasteiger partial charge < -0.3 is 10.1 Å². The predicted molar refractivity (Wildman–Crippen MR) is 148 cm³/mol. The third kappa shape index (κ3) is 5.47. The van der Waals surface area contributed by atoms with Gasteiger partial charge in [0.2, 0.25) is 5.91 Å². The van der Waals surface area contributed by atoms with E-state index in [2.05, 4.69) is 12.2 Å². The Hall–Kier alpha value is -3.17. The Kier molecular flexibility index (Phi) is 8.43. The Balaban J connectivity index is 1.52. The summed E-state index contributed by atoms with van der Waals surface area (Å²) in [4.78, 5) is 43.0. The Morgan fingerprint density at radius 2 is 1.69 bits per heavy atom. The quantitative estimate of drug-likeness (QED) is 0.261. The van der Waals surface area contributed by atoms with Crippen molar-refractivity contribution in [1.29, 1.82) is 0 Å². The molecule has 1 fully saturated rings. The first-order valence-electron chi connectivity index (χ1n) is 12.1. The number of ether oxygens (including phenoxy) is 1. The summed E-state index contributed by atoms with van der Waals surface area (Å²) in [6, 6.07) is 14.2. The number of amides is 3. The minimum atomic E-state index is -0.371. The van der Waals surface area contributed by atoms with Gasteiger partial charge in [-0.15, -0.1) is 0 Å². The van der Waals surface area contributed by atoms with E-state index < -0.39 is 0 Å². The fraction of sp³-hybridized carbons (Fsp3) is 0.333. The molecule has 2 aromatic rings. The fourth-order valence-electron chi connectivity index (χ4n) is 4.29. The molecule has 0 bridgehead atoms. The standard InChI is InChI=1S/C27H29N3O4S2/c1-3-4-5-6-9-16-29-26(33)24(36-27(29)35)23-20-10-7-8-11-21(20)30(25(23)32)17-22(31)28-18-12-14-19(34-2)15-13-18/h7-8,10-15H,3-6,9,16-17H2,1-2H3,(H,28,31). The molecule has 3 amide bonds. The number of hydrogen-bond acceptors (Lipinski definition) is 6. The number of thiocarbonyl (C=S) groups is 1. The summed E-state index contributed by atoms with van der Waals surface area (Å²) in [7, 11) is 1.57. The third-order valence-corrected chi connectivity index (χ3v) is 7.61. The number of nitrogens with zero attached hydrogens (tertiary/aromatic N) is 2. The second-order valence-corrected chi connectivity index (χ2v) is 10.3. The highest BCUT2D eigenvalue weighted by Gasteiger charge is 2.42. The molecule has 7 nitrogen and oxygen atoms in total. The number of carbonyl (C=O) groups excluding carboxylic acids is 3. The summed E-state index contributed by atoms with van der Waals surface area (Å²) in [5, 5.41) is 2.81. The van der Waals surface area contributed by atoms with Crippen LogP contribution in [0.1, 0.15) is 44.6 Å². The highest BCUT2D eigenvalue weighted by molar-refractivity contribution is 8.26. The number of benzene rings is 2. The number of fused-ring (bicyclic) bond motifs is 1. The maximum atomic E-state index is 13.6. The normalized spacial score (nSPS) is 17.1. The topological polar surface area (TPSA) is 79.0 Å². The Morgan fingerprint density at radius 1 is 0.972 bits per heavy atom. The zero-order valence-electron chi connectivity index (χ0n) is 20.4. The second kappa shape index (κ2) is 11.7. The van der Waals surface area contributed by atoms with Crippen LogP contribution in [-0.2, 0) is 14.4 Å². The summed E-state index contributed by atoms with van der Waals surface area (Å²) in [5.41, 5.74) is 2.16. The van der Waals surface area contributed by atoms with E-state index >= 15 is 0 Å². The number of carbonyl (C=O) groups is 3. The van der Waals surface area contributed by atoms with Crippen LogP contribution in [0.3, 0.4) is 0 Å². The molecular formula is C27H29N3O4S2. The van der Waals surface area contributed by atoms with Gasteiger partial charge in [-0.3, -0.25) is 24.2 Å². The van der Waals surface area contributed by atoms with E-state index in [0.717, 1.165) is 25.7 Å². The van der Waals surface area contributed by atoms with Gasteiger partial charge in [0.1, 0.15) is 16.6 Å². The van der Waals surface area contributed by atoms with Gasteiger partial charge in [0.05, 0.1) is 23.3 Å². The number of unbranched alkanes of at least 4 members (excludes halogenated alkanes) is 4.